The number of carbonyl (C=O) groups excluding carboxylic acids is 2. The van der Waals surface area contributed by atoms with Crippen LogP contribution < -0.4 is 10.2 Å². The van der Waals surface area contributed by atoms with Gasteiger partial charge in [0.2, 0.25) is 11.8 Å². The Bertz CT molecular complexity index is 1870. The van der Waals surface area contributed by atoms with E-state index in [1.54, 1.807) is 24.3 Å². The molecule has 1 saturated heterocycles. The molecule has 0 unspecified atom stereocenters. The smallest absolute Gasteiger partial charge is 0.238 e. The number of aromatic hydroxyl groups is 1. The number of aliphatic hydroxyl groups is 2. The lowest BCUT2D eigenvalue weighted by molar-refractivity contribution is -0.123. The molecule has 2 amide bonds. The second-order valence-electron chi connectivity index (χ2n) is 13.1. The number of hydrogen-bond acceptors (Lipinski definition) is 6. The maximum absolute atomic E-state index is 14.1. The van der Waals surface area contributed by atoms with Crippen LogP contribution in [0.1, 0.15) is 44.2 Å². The van der Waals surface area contributed by atoms with Gasteiger partial charge in [0.1, 0.15) is 5.75 Å². The quantitative estimate of drug-likeness (QED) is 0.0705. The highest BCUT2D eigenvalue weighted by molar-refractivity contribution is 9.10. The van der Waals surface area contributed by atoms with Crippen LogP contribution in [0.25, 0.3) is 11.6 Å². The molecule has 7 nitrogen and oxygen atoms in total. The van der Waals surface area contributed by atoms with E-state index in [-0.39, 0.29) is 30.1 Å². The Kier molecular flexibility index (Phi) is 10.5. The van der Waals surface area contributed by atoms with Crippen molar-refractivity contribution in [3.05, 3.63) is 130 Å². The van der Waals surface area contributed by atoms with Crippen molar-refractivity contribution < 1.29 is 24.9 Å². The van der Waals surface area contributed by atoms with Crippen LogP contribution in [0, 0.1) is 23.7 Å². The van der Waals surface area contributed by atoms with E-state index in [1.807, 2.05) is 98.8 Å². The molecule has 4 N–H and O–H groups in total. The number of allylic oxidation sites excluding steroid dienone is 2. The Morgan fingerprint density at radius 2 is 1.57 bits per heavy atom. The number of benzene rings is 4. The minimum atomic E-state index is -0.945. The average Bonchev–Trinajstić information content (AvgIpc) is 3.36. The number of hydrogen-bond donors (Lipinski definition) is 4. The average molecular weight is 722 g/mol. The van der Waals surface area contributed by atoms with E-state index in [2.05, 4.69) is 21.2 Å². The van der Waals surface area contributed by atoms with Crippen molar-refractivity contribution in [2.45, 2.75) is 39.2 Å². The summed E-state index contributed by atoms with van der Waals surface area (Å²) in [6, 6.07) is 32.0. The second kappa shape index (κ2) is 14.9. The fourth-order valence-corrected chi connectivity index (χ4v) is 7.69. The van der Waals surface area contributed by atoms with E-state index >= 15 is 0 Å². The highest BCUT2D eigenvalue weighted by atomic mass is 79.9. The van der Waals surface area contributed by atoms with Gasteiger partial charge in [-0.2, -0.15) is 0 Å². The number of nitrogens with zero attached hydrogens (tertiary/aromatic N) is 1. The fourth-order valence-electron chi connectivity index (χ4n) is 7.31. The molecule has 49 heavy (non-hydrogen) atoms. The van der Waals surface area contributed by atoms with E-state index in [1.165, 1.54) is 4.90 Å². The summed E-state index contributed by atoms with van der Waals surface area (Å²) in [5, 5.41) is 36.6. The summed E-state index contributed by atoms with van der Waals surface area (Å²) in [5.41, 5.74) is 6.38. The molecule has 2 aliphatic rings. The second-order valence-corrected chi connectivity index (χ2v) is 14.0. The summed E-state index contributed by atoms with van der Waals surface area (Å²) in [5.74, 6) is -2.54. The van der Waals surface area contributed by atoms with Gasteiger partial charge in [0.05, 0.1) is 30.2 Å². The maximum atomic E-state index is 14.1. The van der Waals surface area contributed by atoms with E-state index in [4.69, 9.17) is 0 Å². The number of imide groups is 1. The molecule has 0 aromatic heterocycles. The lowest BCUT2D eigenvalue weighted by atomic mass is 9.66. The molecule has 1 fully saturated rings. The van der Waals surface area contributed by atoms with Crippen molar-refractivity contribution in [1.82, 2.24) is 0 Å². The number of amides is 2. The minimum absolute atomic E-state index is 0.00250. The van der Waals surface area contributed by atoms with Crippen LogP contribution in [0.15, 0.2) is 119 Å². The van der Waals surface area contributed by atoms with E-state index in [9.17, 15) is 24.9 Å². The third kappa shape index (κ3) is 7.27. The molecule has 1 heterocycles. The van der Waals surface area contributed by atoms with Gasteiger partial charge >= 0.3 is 0 Å². The SMILES string of the molecule is CC(C)C1=C([C@H](O)CC/C(=C/c2cc(Br)ccc2O)c2ccccc2)[C@H](CO)[C@@H]2C(=O)N(c3ccc(Nc4ccccc4)cc3)C(=O)[C@@H]2C1. The van der Waals surface area contributed by atoms with Crippen LogP contribution in [-0.2, 0) is 9.59 Å². The number of anilines is 3. The Morgan fingerprint density at radius 3 is 2.22 bits per heavy atom. The molecule has 0 spiro atoms. The predicted molar refractivity (Wildman–Crippen MR) is 198 cm³/mol. The first-order chi connectivity index (χ1) is 23.7. The normalized spacial score (nSPS) is 20.2. The summed E-state index contributed by atoms with van der Waals surface area (Å²) in [7, 11) is 0. The minimum Gasteiger partial charge on any atom is -0.507 e. The van der Waals surface area contributed by atoms with Crippen LogP contribution in [0.3, 0.4) is 0 Å². The molecule has 6 rings (SSSR count). The third-order valence-electron chi connectivity index (χ3n) is 9.71. The Balaban J connectivity index is 1.26. The number of carbonyl (C=O) groups is 2. The molecule has 8 heteroatoms. The Hall–Kier alpha value is -4.50. The van der Waals surface area contributed by atoms with Crippen LogP contribution in [0.5, 0.6) is 5.75 Å². The molecular weight excluding hydrogens is 680 g/mol. The third-order valence-corrected chi connectivity index (χ3v) is 10.2. The molecular formula is C41H41BrN2O5. The number of fused-ring (bicyclic) bond motifs is 1. The van der Waals surface area contributed by atoms with Gasteiger partial charge in [0.25, 0.3) is 0 Å². The summed E-state index contributed by atoms with van der Waals surface area (Å²) < 4.78 is 0.836. The zero-order chi connectivity index (χ0) is 34.7. The molecule has 4 atom stereocenters. The molecule has 0 saturated carbocycles. The van der Waals surface area contributed by atoms with Gasteiger partial charge in [-0.05, 0) is 103 Å². The zero-order valence-electron chi connectivity index (χ0n) is 27.6. The molecule has 1 aliphatic carbocycles. The number of nitrogens with one attached hydrogen (secondary N) is 1. The summed E-state index contributed by atoms with van der Waals surface area (Å²) in [4.78, 5) is 29.3. The summed E-state index contributed by atoms with van der Waals surface area (Å²) in [6.45, 7) is 3.70. The number of para-hydroxylation sites is 1. The van der Waals surface area contributed by atoms with E-state index < -0.39 is 23.9 Å². The van der Waals surface area contributed by atoms with Crippen molar-refractivity contribution in [3.63, 3.8) is 0 Å². The molecule has 4 aromatic rings. The number of phenolic OH excluding ortho intramolecular Hbond substituents is 1. The van der Waals surface area contributed by atoms with Gasteiger partial charge in [-0.15, -0.1) is 0 Å². The Labute approximate surface area is 295 Å². The standard InChI is InChI=1S/C41H41BrN2O5/c1-25(2)33-23-34-39(41(49)44(40(34)48)32-17-15-31(16-18-32)43-30-11-7-4-8-12-30)35(24-45)38(33)37(47)19-13-27(26-9-5-3-6-10-26)21-28-22-29(42)14-20-36(28)46/h3-12,14-18,20-22,25,34-35,37,39,43,45-47H,13,19,23-24H2,1-2H3/b27-21-/t34-,35+,37-,39-/m1/s1. The Morgan fingerprint density at radius 1 is 0.918 bits per heavy atom. The van der Waals surface area contributed by atoms with E-state index in [0.29, 0.717) is 36.1 Å². The first-order valence-electron chi connectivity index (χ1n) is 16.7. The van der Waals surface area contributed by atoms with Crippen molar-refractivity contribution in [2.24, 2.45) is 23.7 Å². The van der Waals surface area contributed by atoms with Crippen molar-refractivity contribution >= 4 is 56.5 Å². The molecule has 4 aromatic carbocycles. The lowest BCUT2D eigenvalue weighted by Crippen LogP contribution is -2.39. The zero-order valence-corrected chi connectivity index (χ0v) is 29.2. The van der Waals surface area contributed by atoms with E-state index in [0.717, 1.165) is 32.6 Å². The highest BCUT2D eigenvalue weighted by Gasteiger charge is 2.55. The summed E-state index contributed by atoms with van der Waals surface area (Å²) in [6.07, 6.45) is 2.14. The highest BCUT2D eigenvalue weighted by Crippen LogP contribution is 2.49. The lowest BCUT2D eigenvalue weighted by Gasteiger charge is -2.38. The van der Waals surface area contributed by atoms with Crippen LogP contribution in [0.4, 0.5) is 17.1 Å². The predicted octanol–water partition coefficient (Wildman–Crippen LogP) is 8.35. The first kappa shape index (κ1) is 34.4. The van der Waals surface area contributed by atoms with Crippen LogP contribution in [0.2, 0.25) is 0 Å². The topological polar surface area (TPSA) is 110 Å². The van der Waals surface area contributed by atoms with Crippen molar-refractivity contribution in [2.75, 3.05) is 16.8 Å². The van der Waals surface area contributed by atoms with Crippen molar-refractivity contribution in [3.8, 4) is 5.75 Å². The maximum Gasteiger partial charge on any atom is 0.238 e. The molecule has 0 radical (unpaired) electrons. The largest absolute Gasteiger partial charge is 0.507 e. The van der Waals surface area contributed by atoms with Crippen LogP contribution >= 0.6 is 15.9 Å². The van der Waals surface area contributed by atoms with Gasteiger partial charge in [-0.3, -0.25) is 14.5 Å². The first-order valence-corrected chi connectivity index (χ1v) is 17.5. The monoisotopic (exact) mass is 720 g/mol. The number of aliphatic hydroxyl groups excluding tert-OH is 2. The van der Waals surface area contributed by atoms with Gasteiger partial charge in [-0.25, -0.2) is 0 Å². The van der Waals surface area contributed by atoms with Gasteiger partial charge in [0, 0.05) is 27.3 Å². The molecule has 1 aliphatic heterocycles. The molecule has 252 valence electrons. The number of halogens is 1. The van der Waals surface area contributed by atoms with Gasteiger partial charge in [-0.1, -0.05) is 83.9 Å². The van der Waals surface area contributed by atoms with Crippen LogP contribution in [-0.4, -0.2) is 39.8 Å². The molecule has 0 bridgehead atoms. The number of rotatable bonds is 11. The summed E-state index contributed by atoms with van der Waals surface area (Å²) >= 11 is 3.49. The fraction of sp³-hybridized carbons (Fsp3) is 0.268. The van der Waals surface area contributed by atoms with Gasteiger partial charge in [0.15, 0.2) is 0 Å². The van der Waals surface area contributed by atoms with Gasteiger partial charge < -0.3 is 20.6 Å². The van der Waals surface area contributed by atoms with Crippen molar-refractivity contribution in [1.29, 1.82) is 0 Å². The number of phenols is 1.